The summed E-state index contributed by atoms with van der Waals surface area (Å²) in [6.07, 6.45) is 0. The molecule has 4 rings (SSSR count). The largest absolute Gasteiger partial charge is 0.495 e. The average molecular weight is 464 g/mol. The summed E-state index contributed by atoms with van der Waals surface area (Å²) in [6.45, 7) is 0. The fourth-order valence-corrected chi connectivity index (χ4v) is 3.72. The summed E-state index contributed by atoms with van der Waals surface area (Å²) in [4.78, 5) is 27.8. The van der Waals surface area contributed by atoms with Crippen LogP contribution in [0.2, 0.25) is 10.0 Å². The van der Waals surface area contributed by atoms with E-state index in [1.54, 1.807) is 66.7 Å². The van der Waals surface area contributed by atoms with Gasteiger partial charge < -0.3 is 10.1 Å². The number of nitriles is 1. The SMILES string of the molecule is COc1ccc(NC2=C(c3ccc(Cl)cc3)C(=O)N(c3ccc(C#N)cc3)C2=O)cc1Cl. The molecule has 0 spiro atoms. The van der Waals surface area contributed by atoms with E-state index >= 15 is 0 Å². The number of carbonyl (C=O) groups is 2. The lowest BCUT2D eigenvalue weighted by Gasteiger charge is -2.15. The highest BCUT2D eigenvalue weighted by atomic mass is 35.5. The third-order valence-corrected chi connectivity index (χ3v) is 5.44. The zero-order valence-corrected chi connectivity index (χ0v) is 18.2. The number of nitrogens with zero attached hydrogens (tertiary/aromatic N) is 2. The van der Waals surface area contributed by atoms with Crippen molar-refractivity contribution >= 4 is 52.0 Å². The Kier molecular flexibility index (Phi) is 5.87. The number of rotatable bonds is 5. The minimum Gasteiger partial charge on any atom is -0.495 e. The van der Waals surface area contributed by atoms with Crippen molar-refractivity contribution in [3.8, 4) is 11.8 Å². The van der Waals surface area contributed by atoms with Gasteiger partial charge in [0.1, 0.15) is 11.4 Å². The molecule has 1 aliphatic heterocycles. The number of amides is 2. The lowest BCUT2D eigenvalue weighted by atomic mass is 10.0. The highest BCUT2D eigenvalue weighted by molar-refractivity contribution is 6.46. The number of anilines is 2. The third-order valence-electron chi connectivity index (χ3n) is 4.89. The fraction of sp³-hybridized carbons (Fsp3) is 0.0417. The molecule has 1 aliphatic rings. The van der Waals surface area contributed by atoms with E-state index in [0.717, 1.165) is 4.90 Å². The normalized spacial score (nSPS) is 13.4. The first-order valence-electron chi connectivity index (χ1n) is 9.42. The molecule has 0 atom stereocenters. The lowest BCUT2D eigenvalue weighted by Crippen LogP contribution is -2.32. The van der Waals surface area contributed by atoms with Crippen molar-refractivity contribution in [3.63, 3.8) is 0 Å². The van der Waals surface area contributed by atoms with Crippen molar-refractivity contribution in [1.29, 1.82) is 5.26 Å². The van der Waals surface area contributed by atoms with Gasteiger partial charge >= 0.3 is 0 Å². The van der Waals surface area contributed by atoms with Gasteiger partial charge in [0.15, 0.2) is 0 Å². The standard InChI is InChI=1S/C24H15Cl2N3O3/c1-32-20-11-8-17(12-19(20)26)28-22-21(15-4-6-16(25)7-5-15)23(30)29(24(22)31)18-9-2-14(13-27)3-10-18/h2-12,28H,1H3. The number of hydrogen-bond acceptors (Lipinski definition) is 5. The molecule has 0 saturated carbocycles. The minimum absolute atomic E-state index is 0.0999. The Morgan fingerprint density at radius 2 is 1.62 bits per heavy atom. The van der Waals surface area contributed by atoms with Gasteiger partial charge in [0, 0.05) is 10.7 Å². The Bertz CT molecular complexity index is 1290. The van der Waals surface area contributed by atoms with Crippen molar-refractivity contribution in [2.75, 3.05) is 17.3 Å². The van der Waals surface area contributed by atoms with Crippen molar-refractivity contribution in [2.45, 2.75) is 0 Å². The highest BCUT2D eigenvalue weighted by Crippen LogP contribution is 2.35. The number of carbonyl (C=O) groups excluding carboxylic acids is 2. The van der Waals surface area contributed by atoms with Gasteiger partial charge in [-0.15, -0.1) is 0 Å². The van der Waals surface area contributed by atoms with E-state index in [4.69, 9.17) is 33.2 Å². The van der Waals surface area contributed by atoms with Crippen molar-refractivity contribution in [3.05, 3.63) is 93.6 Å². The number of benzene rings is 3. The van der Waals surface area contributed by atoms with Crippen LogP contribution in [0.5, 0.6) is 5.75 Å². The number of nitrogens with one attached hydrogen (secondary N) is 1. The fourth-order valence-electron chi connectivity index (χ4n) is 3.34. The summed E-state index contributed by atoms with van der Waals surface area (Å²) in [6, 6.07) is 19.8. The molecular formula is C24H15Cl2N3O3. The van der Waals surface area contributed by atoms with Crippen molar-refractivity contribution in [2.24, 2.45) is 0 Å². The second-order valence-electron chi connectivity index (χ2n) is 6.84. The number of imide groups is 1. The van der Waals surface area contributed by atoms with Gasteiger partial charge in [-0.3, -0.25) is 9.59 Å². The molecule has 0 aliphatic carbocycles. The molecule has 3 aromatic carbocycles. The predicted molar refractivity (Wildman–Crippen MR) is 124 cm³/mol. The van der Waals surface area contributed by atoms with Gasteiger partial charge in [-0.1, -0.05) is 35.3 Å². The second-order valence-corrected chi connectivity index (χ2v) is 7.68. The van der Waals surface area contributed by atoms with E-state index in [0.29, 0.717) is 38.3 Å². The Balaban J connectivity index is 1.79. The average Bonchev–Trinajstić information content (AvgIpc) is 3.04. The summed E-state index contributed by atoms with van der Waals surface area (Å²) < 4.78 is 5.17. The van der Waals surface area contributed by atoms with Crippen LogP contribution in [0.4, 0.5) is 11.4 Å². The Labute approximate surface area is 194 Å². The number of halogens is 2. The first-order chi connectivity index (χ1) is 15.4. The van der Waals surface area contributed by atoms with Crippen LogP contribution in [0.15, 0.2) is 72.4 Å². The molecule has 1 heterocycles. The quantitative estimate of drug-likeness (QED) is 0.521. The first kappa shape index (κ1) is 21.4. The molecule has 0 saturated heterocycles. The van der Waals surface area contributed by atoms with Crippen LogP contribution in [-0.2, 0) is 9.59 Å². The van der Waals surface area contributed by atoms with Crippen LogP contribution in [0, 0.1) is 11.3 Å². The van der Waals surface area contributed by atoms with Gasteiger partial charge in [-0.05, 0) is 60.2 Å². The number of hydrogen-bond donors (Lipinski definition) is 1. The topological polar surface area (TPSA) is 82.4 Å². The molecule has 158 valence electrons. The van der Waals surface area contributed by atoms with Crippen LogP contribution in [-0.4, -0.2) is 18.9 Å². The molecule has 6 nitrogen and oxygen atoms in total. The third kappa shape index (κ3) is 3.92. The van der Waals surface area contributed by atoms with Crippen molar-refractivity contribution < 1.29 is 14.3 Å². The molecule has 8 heteroatoms. The maximum Gasteiger partial charge on any atom is 0.282 e. The van der Waals surface area contributed by atoms with Crippen molar-refractivity contribution in [1.82, 2.24) is 0 Å². The van der Waals surface area contributed by atoms with Crippen LogP contribution in [0.3, 0.4) is 0 Å². The summed E-state index contributed by atoms with van der Waals surface area (Å²) >= 11 is 12.2. The molecule has 0 aromatic heterocycles. The maximum absolute atomic E-state index is 13.4. The molecule has 0 radical (unpaired) electrons. The van der Waals surface area contributed by atoms with Gasteiger partial charge in [0.2, 0.25) is 0 Å². The molecule has 0 bridgehead atoms. The summed E-state index contributed by atoms with van der Waals surface area (Å²) in [5.74, 6) is -0.544. The van der Waals surface area contributed by atoms with Gasteiger partial charge in [-0.2, -0.15) is 5.26 Å². The van der Waals surface area contributed by atoms with E-state index in [-0.39, 0.29) is 11.3 Å². The second kappa shape index (κ2) is 8.75. The Morgan fingerprint density at radius 1 is 0.938 bits per heavy atom. The summed E-state index contributed by atoms with van der Waals surface area (Å²) in [5.41, 5.74) is 2.12. The minimum atomic E-state index is -0.531. The molecule has 3 aromatic rings. The lowest BCUT2D eigenvalue weighted by molar-refractivity contribution is -0.120. The zero-order chi connectivity index (χ0) is 22.8. The van der Waals surface area contributed by atoms with E-state index in [2.05, 4.69) is 5.32 Å². The van der Waals surface area contributed by atoms with Crippen LogP contribution >= 0.6 is 23.2 Å². The number of methoxy groups -OCH3 is 1. The van der Waals surface area contributed by atoms with E-state index in [9.17, 15) is 9.59 Å². The summed E-state index contributed by atoms with van der Waals surface area (Å²) in [5, 5.41) is 12.9. The summed E-state index contributed by atoms with van der Waals surface area (Å²) in [7, 11) is 1.50. The van der Waals surface area contributed by atoms with E-state index < -0.39 is 11.8 Å². The molecule has 1 N–H and O–H groups in total. The molecule has 0 unspecified atom stereocenters. The molecule has 2 amide bonds. The maximum atomic E-state index is 13.4. The molecule has 0 fully saturated rings. The predicted octanol–water partition coefficient (Wildman–Crippen LogP) is 5.27. The van der Waals surface area contributed by atoms with E-state index in [1.165, 1.54) is 7.11 Å². The molecule has 32 heavy (non-hydrogen) atoms. The van der Waals surface area contributed by atoms with Crippen LogP contribution < -0.4 is 15.0 Å². The zero-order valence-electron chi connectivity index (χ0n) is 16.7. The molecular weight excluding hydrogens is 449 g/mol. The van der Waals surface area contributed by atoms with Gasteiger partial charge in [0.05, 0.1) is 35.0 Å². The van der Waals surface area contributed by atoms with Crippen LogP contribution in [0.25, 0.3) is 5.57 Å². The van der Waals surface area contributed by atoms with Crippen LogP contribution in [0.1, 0.15) is 11.1 Å². The highest BCUT2D eigenvalue weighted by Gasteiger charge is 2.40. The number of ether oxygens (including phenoxy) is 1. The van der Waals surface area contributed by atoms with E-state index in [1.807, 2.05) is 6.07 Å². The van der Waals surface area contributed by atoms with Gasteiger partial charge in [0.25, 0.3) is 11.8 Å². The Hall–Kier alpha value is -3.79. The van der Waals surface area contributed by atoms with Gasteiger partial charge in [-0.25, -0.2) is 4.90 Å². The Morgan fingerprint density at radius 3 is 2.22 bits per heavy atom. The first-order valence-corrected chi connectivity index (χ1v) is 10.2. The monoisotopic (exact) mass is 463 g/mol. The smallest absolute Gasteiger partial charge is 0.282 e.